The number of halogens is 1. The molecule has 1 fully saturated rings. The van der Waals surface area contributed by atoms with Gasteiger partial charge in [0.1, 0.15) is 5.38 Å². The van der Waals surface area contributed by atoms with Crippen LogP contribution in [0.5, 0.6) is 0 Å². The molecule has 2 atom stereocenters. The molecule has 0 aliphatic carbocycles. The van der Waals surface area contributed by atoms with Crippen LogP contribution < -0.4 is 0 Å². The van der Waals surface area contributed by atoms with Gasteiger partial charge in [0, 0.05) is 32.3 Å². The standard InChI is InChI=1S/C12H18ClN3O/c1-9(13)12(17)16-6-3-4-10(8-16)11-5-7-15(2)14-11/h5,7,9-10H,3-4,6,8H2,1-2H3/t9-,10+/m1/s1. The molecule has 1 aromatic heterocycles. The molecule has 0 unspecified atom stereocenters. The summed E-state index contributed by atoms with van der Waals surface area (Å²) in [5.74, 6) is 0.386. The molecule has 1 aliphatic heterocycles. The Bertz CT molecular complexity index is 402. The molecule has 0 radical (unpaired) electrons. The second-order valence-electron chi connectivity index (χ2n) is 4.65. The molecule has 1 aliphatic rings. The Hall–Kier alpha value is -1.03. The van der Waals surface area contributed by atoms with Gasteiger partial charge in [-0.2, -0.15) is 5.10 Å². The number of alkyl halides is 1. The number of carbonyl (C=O) groups is 1. The summed E-state index contributed by atoms with van der Waals surface area (Å²) in [6, 6.07) is 2.03. The highest BCUT2D eigenvalue weighted by Crippen LogP contribution is 2.26. The fourth-order valence-electron chi connectivity index (χ4n) is 2.32. The van der Waals surface area contributed by atoms with Gasteiger partial charge in [-0.1, -0.05) is 0 Å². The molecule has 1 aromatic rings. The highest BCUT2D eigenvalue weighted by atomic mass is 35.5. The molecule has 4 nitrogen and oxygen atoms in total. The normalized spacial score (nSPS) is 22.5. The van der Waals surface area contributed by atoms with E-state index in [-0.39, 0.29) is 5.91 Å². The first-order valence-electron chi connectivity index (χ1n) is 6.00. The number of amides is 1. The molecule has 0 spiro atoms. The number of rotatable bonds is 2. The van der Waals surface area contributed by atoms with Crippen molar-refractivity contribution >= 4 is 17.5 Å². The van der Waals surface area contributed by atoms with E-state index < -0.39 is 5.38 Å². The van der Waals surface area contributed by atoms with Gasteiger partial charge in [-0.15, -0.1) is 11.6 Å². The van der Waals surface area contributed by atoms with Crippen LogP contribution in [0.25, 0.3) is 0 Å². The van der Waals surface area contributed by atoms with Gasteiger partial charge in [0.25, 0.3) is 0 Å². The van der Waals surface area contributed by atoms with Crippen LogP contribution in [0.1, 0.15) is 31.4 Å². The van der Waals surface area contributed by atoms with Crippen LogP contribution in [-0.2, 0) is 11.8 Å². The lowest BCUT2D eigenvalue weighted by molar-refractivity contribution is -0.131. The Labute approximate surface area is 107 Å². The summed E-state index contributed by atoms with van der Waals surface area (Å²) in [6.07, 6.45) is 4.06. The van der Waals surface area contributed by atoms with Crippen LogP contribution in [0.4, 0.5) is 0 Å². The van der Waals surface area contributed by atoms with Gasteiger partial charge >= 0.3 is 0 Å². The molecule has 0 bridgehead atoms. The van der Waals surface area contributed by atoms with Crippen molar-refractivity contribution in [3.63, 3.8) is 0 Å². The summed E-state index contributed by atoms with van der Waals surface area (Å²) in [4.78, 5) is 13.7. The summed E-state index contributed by atoms with van der Waals surface area (Å²) in [6.45, 7) is 3.29. The number of aromatic nitrogens is 2. The van der Waals surface area contributed by atoms with Crippen molar-refractivity contribution < 1.29 is 4.79 Å². The lowest BCUT2D eigenvalue weighted by Gasteiger charge is -2.32. The zero-order valence-electron chi connectivity index (χ0n) is 10.3. The van der Waals surface area contributed by atoms with Crippen molar-refractivity contribution in [2.24, 2.45) is 7.05 Å². The second kappa shape index (κ2) is 5.08. The van der Waals surface area contributed by atoms with E-state index in [1.807, 2.05) is 24.2 Å². The molecule has 5 heteroatoms. The zero-order valence-corrected chi connectivity index (χ0v) is 11.0. The van der Waals surface area contributed by atoms with Gasteiger partial charge < -0.3 is 4.90 Å². The molecule has 17 heavy (non-hydrogen) atoms. The van der Waals surface area contributed by atoms with Crippen molar-refractivity contribution in [2.45, 2.75) is 31.1 Å². The molecule has 2 rings (SSSR count). The van der Waals surface area contributed by atoms with Crippen LogP contribution in [0, 0.1) is 0 Å². The van der Waals surface area contributed by atoms with E-state index in [1.165, 1.54) is 0 Å². The molecule has 0 saturated carbocycles. The van der Waals surface area contributed by atoms with E-state index in [1.54, 1.807) is 11.6 Å². The molecule has 1 amide bonds. The molecule has 0 N–H and O–H groups in total. The Kier molecular flexibility index (Phi) is 3.72. The summed E-state index contributed by atoms with van der Waals surface area (Å²) in [7, 11) is 1.91. The smallest absolute Gasteiger partial charge is 0.240 e. The fraction of sp³-hybridized carbons (Fsp3) is 0.667. The minimum atomic E-state index is -0.433. The summed E-state index contributed by atoms with van der Waals surface area (Å²) >= 11 is 5.85. The van der Waals surface area contributed by atoms with Crippen LogP contribution in [0.15, 0.2) is 12.3 Å². The molecular formula is C12H18ClN3O. The van der Waals surface area contributed by atoms with E-state index in [0.717, 1.165) is 31.6 Å². The maximum Gasteiger partial charge on any atom is 0.240 e. The van der Waals surface area contributed by atoms with Gasteiger partial charge in [-0.05, 0) is 25.8 Å². The number of likely N-dealkylation sites (tertiary alicyclic amines) is 1. The quantitative estimate of drug-likeness (QED) is 0.756. The molecule has 0 aromatic carbocycles. The number of carbonyl (C=O) groups excluding carboxylic acids is 1. The van der Waals surface area contributed by atoms with Gasteiger partial charge in [0.2, 0.25) is 5.91 Å². The van der Waals surface area contributed by atoms with Crippen molar-refractivity contribution in [3.8, 4) is 0 Å². The maximum atomic E-state index is 11.8. The van der Waals surface area contributed by atoms with Crippen LogP contribution in [0.2, 0.25) is 0 Å². The largest absolute Gasteiger partial charge is 0.341 e. The number of hydrogen-bond acceptors (Lipinski definition) is 2. The number of aryl methyl sites for hydroxylation is 1. The third-order valence-corrected chi connectivity index (χ3v) is 3.41. The Balaban J connectivity index is 2.04. The van der Waals surface area contributed by atoms with Gasteiger partial charge in [-0.25, -0.2) is 0 Å². The Morgan fingerprint density at radius 1 is 1.65 bits per heavy atom. The lowest BCUT2D eigenvalue weighted by Crippen LogP contribution is -2.42. The molecular weight excluding hydrogens is 238 g/mol. The Morgan fingerprint density at radius 3 is 3.00 bits per heavy atom. The molecule has 1 saturated heterocycles. The highest BCUT2D eigenvalue weighted by molar-refractivity contribution is 6.30. The first-order chi connectivity index (χ1) is 8.08. The monoisotopic (exact) mass is 255 g/mol. The number of hydrogen-bond donors (Lipinski definition) is 0. The summed E-state index contributed by atoms with van der Waals surface area (Å²) in [5.41, 5.74) is 1.08. The van der Waals surface area contributed by atoms with Crippen LogP contribution in [-0.4, -0.2) is 39.1 Å². The minimum Gasteiger partial charge on any atom is -0.341 e. The highest BCUT2D eigenvalue weighted by Gasteiger charge is 2.27. The van der Waals surface area contributed by atoms with Crippen molar-refractivity contribution in [1.29, 1.82) is 0 Å². The summed E-state index contributed by atoms with van der Waals surface area (Å²) < 4.78 is 1.81. The van der Waals surface area contributed by atoms with E-state index in [0.29, 0.717) is 5.92 Å². The second-order valence-corrected chi connectivity index (χ2v) is 5.31. The van der Waals surface area contributed by atoms with Crippen molar-refractivity contribution in [1.82, 2.24) is 14.7 Å². The van der Waals surface area contributed by atoms with Crippen molar-refractivity contribution in [3.05, 3.63) is 18.0 Å². The first-order valence-corrected chi connectivity index (χ1v) is 6.44. The molecule has 2 heterocycles. The summed E-state index contributed by atoms with van der Waals surface area (Å²) in [5, 5.41) is 3.99. The minimum absolute atomic E-state index is 0.0345. The topological polar surface area (TPSA) is 38.1 Å². The van der Waals surface area contributed by atoms with E-state index in [9.17, 15) is 4.79 Å². The van der Waals surface area contributed by atoms with Gasteiger partial charge in [0.15, 0.2) is 0 Å². The van der Waals surface area contributed by atoms with Crippen LogP contribution in [0.3, 0.4) is 0 Å². The van der Waals surface area contributed by atoms with E-state index in [4.69, 9.17) is 11.6 Å². The van der Waals surface area contributed by atoms with Gasteiger partial charge in [0.05, 0.1) is 5.69 Å². The third-order valence-electron chi connectivity index (χ3n) is 3.23. The average molecular weight is 256 g/mol. The first kappa shape index (κ1) is 12.4. The fourth-order valence-corrected chi connectivity index (χ4v) is 2.46. The lowest BCUT2D eigenvalue weighted by atomic mass is 9.95. The third kappa shape index (κ3) is 2.80. The maximum absolute atomic E-state index is 11.8. The number of nitrogens with zero attached hydrogens (tertiary/aromatic N) is 3. The van der Waals surface area contributed by atoms with Gasteiger partial charge in [-0.3, -0.25) is 9.48 Å². The van der Waals surface area contributed by atoms with Crippen molar-refractivity contribution in [2.75, 3.05) is 13.1 Å². The van der Waals surface area contributed by atoms with Crippen LogP contribution >= 0.6 is 11.6 Å². The van der Waals surface area contributed by atoms with E-state index >= 15 is 0 Å². The van der Waals surface area contributed by atoms with E-state index in [2.05, 4.69) is 5.10 Å². The predicted octanol–water partition coefficient (Wildman–Crippen LogP) is 1.75. The number of piperidine rings is 1. The molecule has 94 valence electrons. The predicted molar refractivity (Wildman–Crippen MR) is 67.1 cm³/mol. The SMILES string of the molecule is C[C@@H](Cl)C(=O)N1CCC[C@H](c2ccn(C)n2)C1. The average Bonchev–Trinajstić information content (AvgIpc) is 2.75. The Morgan fingerprint density at radius 2 is 2.41 bits per heavy atom. The zero-order chi connectivity index (χ0) is 12.4.